The zero-order valence-electron chi connectivity index (χ0n) is 16.0. The second-order valence-corrected chi connectivity index (χ2v) is 6.07. The number of alkyl halides is 2. The fourth-order valence-electron chi connectivity index (χ4n) is 2.63. The number of methoxy groups -OCH3 is 1. The molecule has 0 saturated heterocycles. The van der Waals surface area contributed by atoms with Gasteiger partial charge in [0.2, 0.25) is 5.91 Å². The Morgan fingerprint density at radius 1 is 1.24 bits per heavy atom. The average molecular weight is 406 g/mol. The van der Waals surface area contributed by atoms with E-state index in [0.29, 0.717) is 5.56 Å². The largest absolute Gasteiger partial charge is 0.493 e. The molecule has 0 aliphatic carbocycles. The van der Waals surface area contributed by atoms with Gasteiger partial charge in [-0.2, -0.15) is 8.78 Å². The molecule has 0 aliphatic rings. The molecule has 2 rings (SSSR count). The van der Waals surface area contributed by atoms with Crippen molar-refractivity contribution in [3.8, 4) is 11.5 Å². The lowest BCUT2D eigenvalue weighted by atomic mass is 10.1. The highest BCUT2D eigenvalue weighted by atomic mass is 19.3. The van der Waals surface area contributed by atoms with E-state index in [1.165, 1.54) is 55.5 Å². The molecule has 0 heterocycles. The summed E-state index contributed by atoms with van der Waals surface area (Å²) in [6, 6.07) is 10.1. The normalized spacial score (nSPS) is 12.1. The van der Waals surface area contributed by atoms with E-state index in [1.54, 1.807) is 25.1 Å². The molecule has 0 unspecified atom stereocenters. The third kappa shape index (κ3) is 5.50. The first-order chi connectivity index (χ1) is 13.7. The summed E-state index contributed by atoms with van der Waals surface area (Å²) in [4.78, 5) is 24.3. The summed E-state index contributed by atoms with van der Waals surface area (Å²) in [6.45, 7) is -1.33. The number of nitro groups is 1. The molecule has 29 heavy (non-hydrogen) atoms. The number of hydrogen-bond acceptors (Lipinski definition) is 5. The van der Waals surface area contributed by atoms with Crippen LogP contribution in [0.4, 0.5) is 14.5 Å². The standard InChI is InChI=1S/C20H20F2N2O5/c1-13(15-7-4-8-16(12-15)24(26)27)23(2)18(25)11-10-14-6-5-9-17(28-3)19(14)29-20(21)22/h4-13,20H,1-3H3/b11-10+/t13-/m1/s1. The number of halogens is 2. The molecular formula is C20H20F2N2O5. The maximum atomic E-state index is 12.7. The zero-order chi connectivity index (χ0) is 21.6. The summed E-state index contributed by atoms with van der Waals surface area (Å²) < 4.78 is 34.9. The lowest BCUT2D eigenvalue weighted by Crippen LogP contribution is -2.28. The Bertz CT molecular complexity index is 917. The number of nitro benzene ring substituents is 1. The Morgan fingerprint density at radius 3 is 2.55 bits per heavy atom. The SMILES string of the molecule is COc1cccc(/C=C/C(=O)N(C)[C@H](C)c2cccc([N+](=O)[O-])c2)c1OC(F)F. The van der Waals surface area contributed by atoms with Gasteiger partial charge in [-0.05, 0) is 24.6 Å². The number of ether oxygens (including phenoxy) is 2. The predicted octanol–water partition coefficient (Wildman–Crippen LogP) is 4.44. The van der Waals surface area contributed by atoms with Gasteiger partial charge in [0, 0.05) is 30.8 Å². The number of benzene rings is 2. The molecule has 2 aromatic carbocycles. The Hall–Kier alpha value is -3.49. The quantitative estimate of drug-likeness (QED) is 0.368. The van der Waals surface area contributed by atoms with E-state index in [-0.39, 0.29) is 22.7 Å². The molecule has 0 aromatic heterocycles. The van der Waals surface area contributed by atoms with E-state index in [9.17, 15) is 23.7 Å². The van der Waals surface area contributed by atoms with E-state index in [2.05, 4.69) is 4.74 Å². The third-order valence-electron chi connectivity index (χ3n) is 4.33. The number of para-hydroxylation sites is 1. The van der Waals surface area contributed by atoms with Crippen LogP contribution in [-0.4, -0.2) is 36.5 Å². The molecule has 0 bridgehead atoms. The first-order valence-electron chi connectivity index (χ1n) is 8.55. The molecule has 2 aromatic rings. The molecule has 7 nitrogen and oxygen atoms in total. The minimum absolute atomic E-state index is 0.0732. The highest BCUT2D eigenvalue weighted by molar-refractivity contribution is 5.92. The molecular weight excluding hydrogens is 386 g/mol. The van der Waals surface area contributed by atoms with Gasteiger partial charge in [0.25, 0.3) is 5.69 Å². The average Bonchev–Trinajstić information content (AvgIpc) is 2.71. The highest BCUT2D eigenvalue weighted by Crippen LogP contribution is 2.33. The molecule has 0 N–H and O–H groups in total. The lowest BCUT2D eigenvalue weighted by Gasteiger charge is -2.24. The summed E-state index contributed by atoms with van der Waals surface area (Å²) in [6.07, 6.45) is 2.56. The molecule has 1 amide bonds. The van der Waals surface area contributed by atoms with Crippen molar-refractivity contribution in [2.75, 3.05) is 14.2 Å². The first-order valence-corrected chi connectivity index (χ1v) is 8.55. The maximum absolute atomic E-state index is 12.7. The second-order valence-electron chi connectivity index (χ2n) is 6.07. The van der Waals surface area contributed by atoms with Gasteiger partial charge in [0.05, 0.1) is 18.1 Å². The van der Waals surface area contributed by atoms with Gasteiger partial charge in [0.1, 0.15) is 0 Å². The molecule has 0 aliphatic heterocycles. The number of amides is 1. The number of non-ortho nitro benzene ring substituents is 1. The van der Waals surface area contributed by atoms with Gasteiger partial charge in [-0.1, -0.05) is 24.3 Å². The maximum Gasteiger partial charge on any atom is 0.387 e. The van der Waals surface area contributed by atoms with Crippen LogP contribution in [0.3, 0.4) is 0 Å². The van der Waals surface area contributed by atoms with Crippen LogP contribution < -0.4 is 9.47 Å². The van der Waals surface area contributed by atoms with Crippen molar-refractivity contribution in [2.45, 2.75) is 19.6 Å². The molecule has 1 atom stereocenters. The molecule has 0 radical (unpaired) electrons. The smallest absolute Gasteiger partial charge is 0.387 e. The number of carbonyl (C=O) groups is 1. The zero-order valence-corrected chi connectivity index (χ0v) is 16.0. The number of likely N-dealkylation sites (N-methyl/N-ethyl adjacent to an activating group) is 1. The molecule has 0 spiro atoms. The van der Waals surface area contributed by atoms with Crippen LogP contribution >= 0.6 is 0 Å². The van der Waals surface area contributed by atoms with Crippen molar-refractivity contribution in [1.29, 1.82) is 0 Å². The van der Waals surface area contributed by atoms with Gasteiger partial charge in [-0.15, -0.1) is 0 Å². The van der Waals surface area contributed by atoms with Crippen molar-refractivity contribution in [2.24, 2.45) is 0 Å². The monoisotopic (exact) mass is 406 g/mol. The molecule has 9 heteroatoms. The molecule has 154 valence electrons. The Morgan fingerprint density at radius 2 is 1.93 bits per heavy atom. The minimum atomic E-state index is -3.05. The predicted molar refractivity (Wildman–Crippen MR) is 103 cm³/mol. The van der Waals surface area contributed by atoms with Gasteiger partial charge in [-0.25, -0.2) is 0 Å². The van der Waals surface area contributed by atoms with Gasteiger partial charge in [0.15, 0.2) is 11.5 Å². The van der Waals surface area contributed by atoms with Gasteiger partial charge >= 0.3 is 6.61 Å². The van der Waals surface area contributed by atoms with Crippen molar-refractivity contribution in [3.63, 3.8) is 0 Å². The van der Waals surface area contributed by atoms with E-state index in [4.69, 9.17) is 4.74 Å². The van der Waals surface area contributed by atoms with Gasteiger partial charge in [-0.3, -0.25) is 14.9 Å². The van der Waals surface area contributed by atoms with E-state index in [1.807, 2.05) is 0 Å². The van der Waals surface area contributed by atoms with E-state index >= 15 is 0 Å². The van der Waals surface area contributed by atoms with E-state index in [0.717, 1.165) is 0 Å². The van der Waals surface area contributed by atoms with Crippen LogP contribution in [-0.2, 0) is 4.79 Å². The Labute approximate surface area is 166 Å². The lowest BCUT2D eigenvalue weighted by molar-refractivity contribution is -0.384. The molecule has 0 saturated carbocycles. The summed E-state index contributed by atoms with van der Waals surface area (Å²) in [5.74, 6) is -0.489. The Balaban J connectivity index is 2.22. The summed E-state index contributed by atoms with van der Waals surface area (Å²) >= 11 is 0. The van der Waals surface area contributed by atoms with Crippen LogP contribution in [0.15, 0.2) is 48.5 Å². The van der Waals surface area contributed by atoms with E-state index < -0.39 is 23.5 Å². The third-order valence-corrected chi connectivity index (χ3v) is 4.33. The second kappa shape index (κ2) is 9.63. The fourth-order valence-corrected chi connectivity index (χ4v) is 2.63. The van der Waals surface area contributed by atoms with Crippen molar-refractivity contribution in [1.82, 2.24) is 4.90 Å². The number of rotatable bonds is 8. The first kappa shape index (κ1) is 21.8. The highest BCUT2D eigenvalue weighted by Gasteiger charge is 2.19. The number of hydrogen-bond donors (Lipinski definition) is 0. The fraction of sp³-hybridized carbons (Fsp3) is 0.250. The molecule has 0 fully saturated rings. The van der Waals surface area contributed by atoms with Crippen molar-refractivity contribution >= 4 is 17.7 Å². The van der Waals surface area contributed by atoms with Gasteiger partial charge < -0.3 is 14.4 Å². The Kier molecular flexibility index (Phi) is 7.24. The van der Waals surface area contributed by atoms with Crippen LogP contribution in [0.1, 0.15) is 24.1 Å². The minimum Gasteiger partial charge on any atom is -0.493 e. The van der Waals surface area contributed by atoms with Crippen LogP contribution in [0, 0.1) is 10.1 Å². The summed E-state index contributed by atoms with van der Waals surface area (Å²) in [7, 11) is 2.86. The van der Waals surface area contributed by atoms with Crippen LogP contribution in [0.2, 0.25) is 0 Å². The summed E-state index contributed by atoms with van der Waals surface area (Å²) in [5.41, 5.74) is 0.761. The van der Waals surface area contributed by atoms with Crippen LogP contribution in [0.5, 0.6) is 11.5 Å². The number of nitrogens with zero attached hydrogens (tertiary/aromatic N) is 2. The van der Waals surface area contributed by atoms with Crippen LogP contribution in [0.25, 0.3) is 6.08 Å². The number of carbonyl (C=O) groups excluding carboxylic acids is 1. The van der Waals surface area contributed by atoms with Crippen molar-refractivity contribution < 1.29 is 28.0 Å². The van der Waals surface area contributed by atoms with Crippen molar-refractivity contribution in [3.05, 3.63) is 69.8 Å². The topological polar surface area (TPSA) is 81.9 Å². The summed E-state index contributed by atoms with van der Waals surface area (Å²) in [5, 5.41) is 10.9.